The van der Waals surface area contributed by atoms with Crippen molar-refractivity contribution in [3.05, 3.63) is 58.7 Å². The molecule has 0 radical (unpaired) electrons. The molecular formula is C26H37NO5S. The van der Waals surface area contributed by atoms with Gasteiger partial charge in [0.2, 0.25) is 0 Å². The molecule has 0 aliphatic carbocycles. The zero-order chi connectivity index (χ0) is 24.9. The highest BCUT2D eigenvalue weighted by atomic mass is 32.2. The van der Waals surface area contributed by atoms with Crippen molar-refractivity contribution in [2.75, 3.05) is 6.61 Å². The van der Waals surface area contributed by atoms with Crippen LogP contribution in [0.25, 0.3) is 0 Å². The molecule has 0 fully saturated rings. The predicted octanol–water partition coefficient (Wildman–Crippen LogP) is 6.00. The predicted molar refractivity (Wildman–Crippen MR) is 132 cm³/mol. The zero-order valence-electron chi connectivity index (χ0n) is 20.9. The van der Waals surface area contributed by atoms with E-state index < -0.39 is 22.8 Å². The van der Waals surface area contributed by atoms with Crippen molar-refractivity contribution in [3.8, 4) is 11.5 Å². The van der Waals surface area contributed by atoms with Gasteiger partial charge < -0.3 is 8.92 Å². The van der Waals surface area contributed by atoms with Crippen LogP contribution in [0.5, 0.6) is 11.5 Å². The van der Waals surface area contributed by atoms with Crippen LogP contribution in [0.15, 0.2) is 36.4 Å². The van der Waals surface area contributed by atoms with E-state index >= 15 is 0 Å². The van der Waals surface area contributed by atoms with Gasteiger partial charge in [0.1, 0.15) is 5.75 Å². The van der Waals surface area contributed by atoms with Crippen molar-refractivity contribution in [1.29, 1.82) is 0 Å². The molecule has 0 spiro atoms. The third-order valence-corrected chi connectivity index (χ3v) is 6.28. The van der Waals surface area contributed by atoms with Gasteiger partial charge in [0, 0.05) is 0 Å². The van der Waals surface area contributed by atoms with Crippen LogP contribution < -0.4 is 13.6 Å². The van der Waals surface area contributed by atoms with Crippen molar-refractivity contribution in [2.45, 2.75) is 79.1 Å². The molecule has 0 aliphatic heterocycles. The van der Waals surface area contributed by atoms with E-state index in [4.69, 9.17) is 8.92 Å². The van der Waals surface area contributed by atoms with Crippen molar-refractivity contribution >= 4 is 16.2 Å². The van der Waals surface area contributed by atoms with Crippen LogP contribution in [0.1, 0.15) is 101 Å². The summed E-state index contributed by atoms with van der Waals surface area (Å²) in [6.45, 7) is 15.6. The molecular weight excluding hydrogens is 438 g/mol. The quantitative estimate of drug-likeness (QED) is 0.456. The van der Waals surface area contributed by atoms with Gasteiger partial charge >= 0.3 is 10.3 Å². The minimum Gasteiger partial charge on any atom is -0.483 e. The van der Waals surface area contributed by atoms with Crippen LogP contribution in [-0.4, -0.2) is 20.9 Å². The first-order valence-electron chi connectivity index (χ1n) is 11.5. The van der Waals surface area contributed by atoms with Gasteiger partial charge in [0.25, 0.3) is 5.91 Å². The average molecular weight is 476 g/mol. The van der Waals surface area contributed by atoms with E-state index in [-0.39, 0.29) is 29.4 Å². The maximum absolute atomic E-state index is 12.7. The van der Waals surface area contributed by atoms with Crippen molar-refractivity contribution in [1.82, 2.24) is 4.72 Å². The number of hydrogen-bond acceptors (Lipinski definition) is 5. The SMILES string of the molecule is CC(C)c1cccc(C(C)C)c1OCC(=O)NS(=O)(=O)Oc1c(C(C)C)cccc1C(C)C. The van der Waals surface area contributed by atoms with Crippen LogP contribution >= 0.6 is 0 Å². The number of ether oxygens (including phenoxy) is 1. The molecule has 2 aromatic rings. The van der Waals surface area contributed by atoms with Gasteiger partial charge in [0.15, 0.2) is 12.4 Å². The van der Waals surface area contributed by atoms with Gasteiger partial charge in [-0.1, -0.05) is 91.8 Å². The van der Waals surface area contributed by atoms with E-state index in [9.17, 15) is 13.2 Å². The Morgan fingerprint density at radius 2 is 1.09 bits per heavy atom. The van der Waals surface area contributed by atoms with Gasteiger partial charge in [0.05, 0.1) is 0 Å². The van der Waals surface area contributed by atoms with Crippen LogP contribution in [0, 0.1) is 0 Å². The number of carbonyl (C=O) groups is 1. The van der Waals surface area contributed by atoms with E-state index in [0.717, 1.165) is 22.3 Å². The molecule has 0 unspecified atom stereocenters. The van der Waals surface area contributed by atoms with E-state index in [0.29, 0.717) is 5.75 Å². The molecule has 6 nitrogen and oxygen atoms in total. The van der Waals surface area contributed by atoms with Crippen LogP contribution in [0.2, 0.25) is 0 Å². The fraction of sp³-hybridized carbons (Fsp3) is 0.500. The van der Waals surface area contributed by atoms with Crippen molar-refractivity contribution in [2.24, 2.45) is 0 Å². The van der Waals surface area contributed by atoms with Gasteiger partial charge in [-0.05, 0) is 45.9 Å². The lowest BCUT2D eigenvalue weighted by atomic mass is 9.94. The summed E-state index contributed by atoms with van der Waals surface area (Å²) >= 11 is 0. The summed E-state index contributed by atoms with van der Waals surface area (Å²) < 4.78 is 38.7. The molecule has 33 heavy (non-hydrogen) atoms. The fourth-order valence-electron chi connectivity index (χ4n) is 3.67. The van der Waals surface area contributed by atoms with E-state index in [1.165, 1.54) is 0 Å². The monoisotopic (exact) mass is 475 g/mol. The summed E-state index contributed by atoms with van der Waals surface area (Å²) in [5.41, 5.74) is 3.48. The molecule has 0 bridgehead atoms. The second-order valence-electron chi connectivity index (χ2n) is 9.50. The first kappa shape index (κ1) is 26.7. The third kappa shape index (κ3) is 6.97. The van der Waals surface area contributed by atoms with Gasteiger partial charge in [-0.2, -0.15) is 8.42 Å². The zero-order valence-corrected chi connectivity index (χ0v) is 21.7. The Hall–Kier alpha value is -2.54. The van der Waals surface area contributed by atoms with Crippen LogP contribution in [-0.2, 0) is 15.1 Å². The number of para-hydroxylation sites is 2. The number of benzene rings is 2. The molecule has 2 rings (SSSR count). The Morgan fingerprint density at radius 3 is 1.45 bits per heavy atom. The number of nitrogens with one attached hydrogen (secondary N) is 1. The van der Waals surface area contributed by atoms with E-state index in [1.54, 1.807) is 0 Å². The molecule has 182 valence electrons. The topological polar surface area (TPSA) is 81.7 Å². The third-order valence-electron chi connectivity index (χ3n) is 5.42. The normalized spacial score (nSPS) is 12.0. The summed E-state index contributed by atoms with van der Waals surface area (Å²) in [5.74, 6) is 0.590. The van der Waals surface area contributed by atoms with Gasteiger partial charge in [-0.25, -0.2) is 4.72 Å². The fourth-order valence-corrected chi connectivity index (χ4v) is 4.46. The molecule has 0 saturated heterocycles. The first-order valence-corrected chi connectivity index (χ1v) is 12.9. The second-order valence-corrected chi connectivity index (χ2v) is 10.8. The van der Waals surface area contributed by atoms with Crippen molar-refractivity contribution in [3.63, 3.8) is 0 Å². The molecule has 1 amide bonds. The summed E-state index contributed by atoms with van der Waals surface area (Å²) in [7, 11) is -4.38. The second kappa shape index (κ2) is 11.1. The lowest BCUT2D eigenvalue weighted by Gasteiger charge is -2.20. The van der Waals surface area contributed by atoms with Gasteiger partial charge in [-0.3, -0.25) is 4.79 Å². The molecule has 2 aromatic carbocycles. The molecule has 0 aromatic heterocycles. The highest BCUT2D eigenvalue weighted by Gasteiger charge is 2.24. The first-order chi connectivity index (χ1) is 15.3. The highest BCUT2D eigenvalue weighted by Crippen LogP contribution is 2.36. The number of carbonyl (C=O) groups excluding carboxylic acids is 1. The van der Waals surface area contributed by atoms with Gasteiger partial charge in [-0.15, -0.1) is 0 Å². The molecule has 0 saturated carbocycles. The minimum atomic E-state index is -4.38. The Labute approximate surface area is 199 Å². The molecule has 0 aliphatic rings. The highest BCUT2D eigenvalue weighted by molar-refractivity contribution is 7.85. The lowest BCUT2D eigenvalue weighted by Crippen LogP contribution is -2.37. The standard InChI is InChI=1S/C26H37NO5S/c1-16(2)20-11-9-12-21(17(3)4)25(20)31-15-24(28)27-33(29,30)32-26-22(18(5)6)13-10-14-23(26)19(7)8/h9-14,16-19H,15H2,1-8H3,(H,27,28). The summed E-state index contributed by atoms with van der Waals surface area (Å²) in [6.07, 6.45) is 0. The maximum atomic E-state index is 12.7. The summed E-state index contributed by atoms with van der Waals surface area (Å²) in [6, 6.07) is 11.4. The molecule has 0 atom stereocenters. The Morgan fingerprint density at radius 1 is 0.727 bits per heavy atom. The molecule has 7 heteroatoms. The summed E-state index contributed by atoms with van der Waals surface area (Å²) in [4.78, 5) is 12.5. The minimum absolute atomic E-state index is 0.0509. The Balaban J connectivity index is 2.22. The van der Waals surface area contributed by atoms with Crippen LogP contribution in [0.3, 0.4) is 0 Å². The molecule has 0 heterocycles. The number of hydrogen-bond donors (Lipinski definition) is 1. The number of rotatable bonds is 10. The van der Waals surface area contributed by atoms with Crippen molar-refractivity contribution < 1.29 is 22.1 Å². The smallest absolute Gasteiger partial charge is 0.409 e. The lowest BCUT2D eigenvalue weighted by molar-refractivity contribution is -0.121. The Kier molecular flexibility index (Phi) is 8.95. The molecule has 1 N–H and O–H groups in total. The van der Waals surface area contributed by atoms with Crippen LogP contribution in [0.4, 0.5) is 0 Å². The Bertz CT molecular complexity index is 1020. The largest absolute Gasteiger partial charge is 0.483 e. The summed E-state index contributed by atoms with van der Waals surface area (Å²) in [5, 5.41) is 0. The average Bonchev–Trinajstić information content (AvgIpc) is 2.70. The van der Waals surface area contributed by atoms with E-state index in [2.05, 4.69) is 0 Å². The number of amides is 1. The maximum Gasteiger partial charge on any atom is 0.409 e. The van der Waals surface area contributed by atoms with E-state index in [1.807, 2.05) is 96.5 Å².